The lowest BCUT2D eigenvalue weighted by molar-refractivity contribution is -0.141. The Hall–Kier alpha value is -2.44. The van der Waals surface area contributed by atoms with Crippen molar-refractivity contribution in [2.45, 2.75) is 25.2 Å². The molecular weight excluding hydrogens is 327 g/mol. The van der Waals surface area contributed by atoms with Gasteiger partial charge >= 0.3 is 5.97 Å². The van der Waals surface area contributed by atoms with Crippen LogP contribution < -0.4 is 0 Å². The van der Waals surface area contributed by atoms with Crippen molar-refractivity contribution in [2.75, 3.05) is 26.2 Å². The molecule has 2 aliphatic rings. The van der Waals surface area contributed by atoms with Gasteiger partial charge < -0.3 is 14.9 Å². The molecule has 6 nitrogen and oxygen atoms in total. The maximum absolute atomic E-state index is 13.1. The van der Waals surface area contributed by atoms with Gasteiger partial charge in [0.15, 0.2) is 0 Å². The monoisotopic (exact) mass is 348 g/mol. The quantitative estimate of drug-likeness (QED) is 0.874. The second kappa shape index (κ2) is 7.21. The predicted octanol–water partition coefficient (Wildman–Crippen LogP) is 1.46. The number of likely N-dealkylation sites (tertiary alicyclic amines) is 2. The first-order valence-corrected chi connectivity index (χ1v) is 8.49. The molecule has 0 spiro atoms. The van der Waals surface area contributed by atoms with Crippen molar-refractivity contribution in [2.24, 2.45) is 5.92 Å². The van der Waals surface area contributed by atoms with Crippen LogP contribution in [0.15, 0.2) is 24.3 Å². The van der Waals surface area contributed by atoms with E-state index in [-0.39, 0.29) is 36.5 Å². The molecule has 2 atom stereocenters. The minimum Gasteiger partial charge on any atom is -0.481 e. The highest BCUT2D eigenvalue weighted by Crippen LogP contribution is 2.33. The first-order chi connectivity index (χ1) is 12.0. The van der Waals surface area contributed by atoms with E-state index < -0.39 is 11.9 Å². The summed E-state index contributed by atoms with van der Waals surface area (Å²) >= 11 is 0. The molecular formula is C18H21FN2O4. The Balaban J connectivity index is 1.64. The number of carboxylic acids is 1. The molecule has 0 bridgehead atoms. The van der Waals surface area contributed by atoms with Crippen molar-refractivity contribution in [3.8, 4) is 0 Å². The fraction of sp³-hybridized carbons (Fsp3) is 0.500. The second-order valence-corrected chi connectivity index (χ2v) is 6.64. The van der Waals surface area contributed by atoms with E-state index in [1.54, 1.807) is 21.9 Å². The van der Waals surface area contributed by atoms with Crippen LogP contribution in [0.3, 0.4) is 0 Å². The second-order valence-electron chi connectivity index (χ2n) is 6.64. The van der Waals surface area contributed by atoms with Gasteiger partial charge in [-0.15, -0.1) is 0 Å². The number of carbonyl (C=O) groups is 3. The van der Waals surface area contributed by atoms with Crippen molar-refractivity contribution in [1.29, 1.82) is 0 Å². The highest BCUT2D eigenvalue weighted by molar-refractivity contribution is 5.81. The van der Waals surface area contributed by atoms with E-state index in [1.165, 1.54) is 12.1 Å². The molecule has 134 valence electrons. The third kappa shape index (κ3) is 3.81. The maximum Gasteiger partial charge on any atom is 0.308 e. The molecule has 0 radical (unpaired) electrons. The van der Waals surface area contributed by atoms with Crippen LogP contribution >= 0.6 is 0 Å². The number of aliphatic carboxylic acids is 1. The number of rotatable bonds is 5. The van der Waals surface area contributed by atoms with Gasteiger partial charge in [-0.3, -0.25) is 14.4 Å². The molecule has 0 aliphatic carbocycles. The van der Waals surface area contributed by atoms with Crippen LogP contribution in [0.1, 0.15) is 30.7 Å². The van der Waals surface area contributed by atoms with Gasteiger partial charge in [0.25, 0.3) is 0 Å². The van der Waals surface area contributed by atoms with Gasteiger partial charge in [0.1, 0.15) is 5.82 Å². The van der Waals surface area contributed by atoms with Crippen LogP contribution in [0.5, 0.6) is 0 Å². The van der Waals surface area contributed by atoms with Crippen LogP contribution in [-0.4, -0.2) is 58.9 Å². The van der Waals surface area contributed by atoms with E-state index in [1.807, 2.05) is 0 Å². The number of halogens is 1. The molecule has 3 rings (SSSR count). The molecule has 2 aliphatic heterocycles. The highest BCUT2D eigenvalue weighted by Gasteiger charge is 2.40. The van der Waals surface area contributed by atoms with E-state index in [0.29, 0.717) is 26.1 Å². The lowest BCUT2D eigenvalue weighted by atomic mass is 9.89. The third-order valence-corrected chi connectivity index (χ3v) is 5.05. The smallest absolute Gasteiger partial charge is 0.308 e. The molecule has 0 unspecified atom stereocenters. The minimum absolute atomic E-state index is 0.0711. The molecule has 1 N–H and O–H groups in total. The van der Waals surface area contributed by atoms with E-state index in [9.17, 15) is 23.9 Å². The Bertz CT molecular complexity index is 676. The highest BCUT2D eigenvalue weighted by atomic mass is 19.1. The summed E-state index contributed by atoms with van der Waals surface area (Å²) in [6, 6.07) is 5.76. The van der Waals surface area contributed by atoms with Crippen molar-refractivity contribution in [3.05, 3.63) is 35.6 Å². The van der Waals surface area contributed by atoms with Crippen LogP contribution in [0, 0.1) is 11.7 Å². The average molecular weight is 348 g/mol. The van der Waals surface area contributed by atoms with Gasteiger partial charge in [-0.25, -0.2) is 4.39 Å². The average Bonchev–Trinajstić information content (AvgIpc) is 3.20. The van der Waals surface area contributed by atoms with Gasteiger partial charge in [-0.05, 0) is 24.1 Å². The fourth-order valence-electron chi connectivity index (χ4n) is 3.63. The van der Waals surface area contributed by atoms with Crippen molar-refractivity contribution in [3.63, 3.8) is 0 Å². The van der Waals surface area contributed by atoms with Crippen molar-refractivity contribution >= 4 is 17.8 Å². The summed E-state index contributed by atoms with van der Waals surface area (Å²) in [5.41, 5.74) is 0.721. The number of carboxylic acid groups (broad SMARTS) is 1. The van der Waals surface area contributed by atoms with Crippen LogP contribution in [0.4, 0.5) is 4.39 Å². The molecule has 7 heteroatoms. The first-order valence-electron chi connectivity index (χ1n) is 8.49. The summed E-state index contributed by atoms with van der Waals surface area (Å²) in [6.45, 7) is 1.51. The Kier molecular flexibility index (Phi) is 5.01. The lowest BCUT2D eigenvalue weighted by Crippen LogP contribution is -2.34. The summed E-state index contributed by atoms with van der Waals surface area (Å²) in [4.78, 5) is 38.8. The Labute approximate surface area is 145 Å². The van der Waals surface area contributed by atoms with Gasteiger partial charge in [-0.1, -0.05) is 12.1 Å². The molecule has 2 heterocycles. The Morgan fingerprint density at radius 2 is 1.92 bits per heavy atom. The molecule has 2 fully saturated rings. The summed E-state index contributed by atoms with van der Waals surface area (Å²) < 4.78 is 13.1. The molecule has 1 aromatic rings. The SMILES string of the molecule is O=C(O)[C@H]1CN(C(=O)CCN2CCCC2=O)C[C@@H]1c1ccc(F)cc1. The molecule has 2 saturated heterocycles. The predicted molar refractivity (Wildman–Crippen MR) is 87.3 cm³/mol. The number of hydrogen-bond donors (Lipinski definition) is 1. The minimum atomic E-state index is -0.959. The summed E-state index contributed by atoms with van der Waals surface area (Å²) in [7, 11) is 0. The van der Waals surface area contributed by atoms with Crippen molar-refractivity contribution in [1.82, 2.24) is 9.80 Å². The number of benzene rings is 1. The topological polar surface area (TPSA) is 77.9 Å². The summed E-state index contributed by atoms with van der Waals surface area (Å²) in [5.74, 6) is -2.47. The van der Waals surface area contributed by atoms with E-state index in [2.05, 4.69) is 0 Å². The maximum atomic E-state index is 13.1. The lowest BCUT2D eigenvalue weighted by Gasteiger charge is -2.19. The van der Waals surface area contributed by atoms with Crippen LogP contribution in [-0.2, 0) is 14.4 Å². The zero-order valence-corrected chi connectivity index (χ0v) is 13.9. The molecule has 0 saturated carbocycles. The Morgan fingerprint density at radius 3 is 2.52 bits per heavy atom. The fourth-order valence-corrected chi connectivity index (χ4v) is 3.63. The first kappa shape index (κ1) is 17.4. The summed E-state index contributed by atoms with van der Waals surface area (Å²) in [6.07, 6.45) is 1.56. The molecule has 1 aromatic carbocycles. The number of carbonyl (C=O) groups excluding carboxylic acids is 2. The number of nitrogens with zero attached hydrogens (tertiary/aromatic N) is 2. The zero-order chi connectivity index (χ0) is 18.0. The van der Waals surface area contributed by atoms with Gasteiger partial charge in [0.2, 0.25) is 11.8 Å². The van der Waals surface area contributed by atoms with Gasteiger partial charge in [-0.2, -0.15) is 0 Å². The largest absolute Gasteiger partial charge is 0.481 e. The number of hydrogen-bond acceptors (Lipinski definition) is 3. The molecule has 25 heavy (non-hydrogen) atoms. The number of amides is 2. The standard InChI is InChI=1S/C18H21FN2O4/c19-13-5-3-12(4-6-13)14-10-21(11-15(14)18(24)25)17(23)7-9-20-8-1-2-16(20)22/h3-6,14-15H,1-2,7-11H2,(H,24,25)/t14-,15+/m1/s1. The normalized spacial score (nSPS) is 23.3. The van der Waals surface area contributed by atoms with E-state index in [4.69, 9.17) is 0 Å². The molecule has 0 aromatic heterocycles. The van der Waals surface area contributed by atoms with Crippen LogP contribution in [0.2, 0.25) is 0 Å². The van der Waals surface area contributed by atoms with Crippen molar-refractivity contribution < 1.29 is 23.9 Å². The Morgan fingerprint density at radius 1 is 1.20 bits per heavy atom. The third-order valence-electron chi connectivity index (χ3n) is 5.05. The van der Waals surface area contributed by atoms with E-state index >= 15 is 0 Å². The summed E-state index contributed by atoms with van der Waals surface area (Å²) in [5, 5.41) is 9.47. The zero-order valence-electron chi connectivity index (χ0n) is 13.9. The van der Waals surface area contributed by atoms with Crippen LogP contribution in [0.25, 0.3) is 0 Å². The van der Waals surface area contributed by atoms with Gasteiger partial charge in [0, 0.05) is 44.9 Å². The van der Waals surface area contributed by atoms with Gasteiger partial charge in [0.05, 0.1) is 5.92 Å². The van der Waals surface area contributed by atoms with E-state index in [0.717, 1.165) is 12.0 Å². The molecule has 2 amide bonds.